The molecule has 25 heavy (non-hydrogen) atoms. The van der Waals surface area contributed by atoms with Gasteiger partial charge in [0.25, 0.3) is 5.91 Å². The van der Waals surface area contributed by atoms with E-state index in [4.69, 9.17) is 25.3 Å². The molecule has 3 aromatic rings. The summed E-state index contributed by atoms with van der Waals surface area (Å²) in [6, 6.07) is 7.97. The summed E-state index contributed by atoms with van der Waals surface area (Å²) in [6.45, 7) is -0.399. The van der Waals surface area contributed by atoms with Gasteiger partial charge in [0.05, 0.1) is 6.26 Å². The Balaban J connectivity index is 1.46. The molecule has 128 valence electrons. The van der Waals surface area contributed by atoms with Crippen LogP contribution in [0.5, 0.6) is 0 Å². The van der Waals surface area contributed by atoms with Gasteiger partial charge in [0.1, 0.15) is 24.5 Å². The van der Waals surface area contributed by atoms with Gasteiger partial charge in [-0.25, -0.2) is 0 Å². The Hall–Kier alpha value is -3.13. The lowest BCUT2D eigenvalue weighted by Crippen LogP contribution is -2.31. The van der Waals surface area contributed by atoms with E-state index in [0.29, 0.717) is 22.2 Å². The van der Waals surface area contributed by atoms with Crippen molar-refractivity contribution in [1.82, 2.24) is 15.5 Å². The summed E-state index contributed by atoms with van der Waals surface area (Å²) in [6.07, 6.45) is 2.91. The number of nitrogens with one attached hydrogen (secondary N) is 1. The number of ether oxygens (including phenoxy) is 1. The van der Waals surface area contributed by atoms with Crippen molar-refractivity contribution in [3.8, 4) is 11.5 Å². The zero-order chi connectivity index (χ0) is 17.6. The number of pyridine rings is 1. The number of amides is 1. The maximum atomic E-state index is 11.8. The monoisotopic (exact) mass is 361 g/mol. The SMILES string of the molecule is O=C(CNC(=O)c1cc(Cl)ccn1)OCc1cc(-c2ccco2)on1. The van der Waals surface area contributed by atoms with Crippen LogP contribution in [0.25, 0.3) is 11.5 Å². The summed E-state index contributed by atoms with van der Waals surface area (Å²) >= 11 is 5.77. The Morgan fingerprint density at radius 3 is 2.88 bits per heavy atom. The van der Waals surface area contributed by atoms with Gasteiger partial charge in [-0.2, -0.15) is 0 Å². The van der Waals surface area contributed by atoms with E-state index in [1.807, 2.05) is 0 Å². The lowest BCUT2D eigenvalue weighted by Gasteiger charge is -2.05. The fourth-order valence-electron chi connectivity index (χ4n) is 1.89. The predicted molar refractivity (Wildman–Crippen MR) is 85.6 cm³/mol. The largest absolute Gasteiger partial charge is 0.461 e. The highest BCUT2D eigenvalue weighted by Crippen LogP contribution is 2.20. The number of rotatable bonds is 6. The zero-order valence-electron chi connectivity index (χ0n) is 12.8. The van der Waals surface area contributed by atoms with Crippen molar-refractivity contribution >= 4 is 23.5 Å². The van der Waals surface area contributed by atoms with Crippen molar-refractivity contribution in [1.29, 1.82) is 0 Å². The topological polar surface area (TPSA) is 107 Å². The number of aromatic nitrogens is 2. The molecule has 0 aromatic carbocycles. The Bertz CT molecular complexity index is 876. The zero-order valence-corrected chi connectivity index (χ0v) is 13.5. The van der Waals surface area contributed by atoms with E-state index in [2.05, 4.69) is 15.5 Å². The van der Waals surface area contributed by atoms with E-state index in [9.17, 15) is 9.59 Å². The molecule has 0 aliphatic carbocycles. The normalized spacial score (nSPS) is 10.4. The van der Waals surface area contributed by atoms with Crippen molar-refractivity contribution in [3.05, 3.63) is 59.2 Å². The fourth-order valence-corrected chi connectivity index (χ4v) is 2.05. The van der Waals surface area contributed by atoms with Gasteiger partial charge in [-0.05, 0) is 24.3 Å². The summed E-state index contributed by atoms with van der Waals surface area (Å²) in [5.74, 6) is -0.207. The molecule has 0 saturated heterocycles. The molecule has 1 N–H and O–H groups in total. The Kier molecular flexibility index (Phi) is 5.10. The van der Waals surface area contributed by atoms with Crippen molar-refractivity contribution in [2.75, 3.05) is 6.54 Å². The van der Waals surface area contributed by atoms with Crippen LogP contribution in [-0.2, 0) is 16.1 Å². The highest BCUT2D eigenvalue weighted by atomic mass is 35.5. The number of halogens is 1. The fraction of sp³-hybridized carbons (Fsp3) is 0.125. The molecule has 3 heterocycles. The minimum Gasteiger partial charge on any atom is -0.461 e. The second kappa shape index (κ2) is 7.63. The van der Waals surface area contributed by atoms with Crippen molar-refractivity contribution < 1.29 is 23.3 Å². The molecule has 0 spiro atoms. The van der Waals surface area contributed by atoms with Gasteiger partial charge in [0.2, 0.25) is 5.76 Å². The Morgan fingerprint density at radius 2 is 2.12 bits per heavy atom. The molecular formula is C16H12ClN3O5. The van der Waals surface area contributed by atoms with Crippen LogP contribution in [0, 0.1) is 0 Å². The van der Waals surface area contributed by atoms with Crippen molar-refractivity contribution in [2.45, 2.75) is 6.61 Å². The van der Waals surface area contributed by atoms with Crippen LogP contribution in [0.15, 0.2) is 51.7 Å². The summed E-state index contributed by atoms with van der Waals surface area (Å²) in [5.41, 5.74) is 0.530. The molecule has 0 aliphatic rings. The highest BCUT2D eigenvalue weighted by molar-refractivity contribution is 6.30. The van der Waals surface area contributed by atoms with Crippen LogP contribution >= 0.6 is 11.6 Å². The average molecular weight is 362 g/mol. The lowest BCUT2D eigenvalue weighted by atomic mass is 10.3. The molecule has 1 amide bonds. The van der Waals surface area contributed by atoms with Crippen LogP contribution in [-0.4, -0.2) is 28.6 Å². The molecule has 3 aromatic heterocycles. The molecule has 3 rings (SSSR count). The molecule has 8 nitrogen and oxygen atoms in total. The summed E-state index contributed by atoms with van der Waals surface area (Å²) in [5, 5.41) is 6.54. The van der Waals surface area contributed by atoms with E-state index in [-0.39, 0.29) is 18.8 Å². The lowest BCUT2D eigenvalue weighted by molar-refractivity contribution is -0.143. The first kappa shape index (κ1) is 16.7. The van der Waals surface area contributed by atoms with E-state index < -0.39 is 11.9 Å². The Labute approximate surface area is 146 Å². The standard InChI is InChI=1S/C16H12ClN3O5/c17-10-3-4-18-12(6-10)16(22)19-8-15(21)24-9-11-7-14(25-20-11)13-2-1-5-23-13/h1-7H,8-9H2,(H,19,22). The van der Waals surface area contributed by atoms with Gasteiger partial charge in [-0.1, -0.05) is 16.8 Å². The first-order valence-electron chi connectivity index (χ1n) is 7.16. The molecule has 0 fully saturated rings. The van der Waals surface area contributed by atoms with Gasteiger partial charge in [0, 0.05) is 17.3 Å². The second-order valence-electron chi connectivity index (χ2n) is 4.86. The van der Waals surface area contributed by atoms with E-state index in [0.717, 1.165) is 0 Å². The predicted octanol–water partition coefficient (Wildman–Crippen LogP) is 2.46. The molecule has 9 heteroatoms. The van der Waals surface area contributed by atoms with Gasteiger partial charge in [0.15, 0.2) is 5.76 Å². The number of furan rings is 1. The molecule has 0 aliphatic heterocycles. The van der Waals surface area contributed by atoms with Gasteiger partial charge < -0.3 is 19.0 Å². The van der Waals surface area contributed by atoms with Crippen LogP contribution in [0.1, 0.15) is 16.2 Å². The first-order chi connectivity index (χ1) is 12.1. The van der Waals surface area contributed by atoms with E-state index >= 15 is 0 Å². The van der Waals surface area contributed by atoms with Gasteiger partial charge in [-0.15, -0.1) is 0 Å². The van der Waals surface area contributed by atoms with Crippen LogP contribution in [0.3, 0.4) is 0 Å². The first-order valence-corrected chi connectivity index (χ1v) is 7.54. The summed E-state index contributed by atoms with van der Waals surface area (Å²) < 4.78 is 15.3. The maximum absolute atomic E-state index is 11.8. The Morgan fingerprint density at radius 1 is 1.24 bits per heavy atom. The van der Waals surface area contributed by atoms with Crippen molar-refractivity contribution in [2.24, 2.45) is 0 Å². The third kappa shape index (κ3) is 4.45. The van der Waals surface area contributed by atoms with Crippen molar-refractivity contribution in [3.63, 3.8) is 0 Å². The van der Waals surface area contributed by atoms with E-state index in [1.165, 1.54) is 18.5 Å². The number of hydrogen-bond acceptors (Lipinski definition) is 7. The highest BCUT2D eigenvalue weighted by Gasteiger charge is 2.13. The number of carbonyl (C=O) groups excluding carboxylic acids is 2. The second-order valence-corrected chi connectivity index (χ2v) is 5.30. The van der Waals surface area contributed by atoms with Gasteiger partial charge >= 0.3 is 5.97 Å². The number of hydrogen-bond donors (Lipinski definition) is 1. The van der Waals surface area contributed by atoms with Crippen LogP contribution in [0.4, 0.5) is 0 Å². The van der Waals surface area contributed by atoms with Gasteiger partial charge in [-0.3, -0.25) is 14.6 Å². The number of esters is 1. The molecule has 0 unspecified atom stereocenters. The third-order valence-electron chi connectivity index (χ3n) is 3.05. The summed E-state index contributed by atoms with van der Waals surface area (Å²) in [4.78, 5) is 27.4. The molecular weight excluding hydrogens is 350 g/mol. The molecule has 0 radical (unpaired) electrons. The minimum absolute atomic E-state index is 0.0890. The number of nitrogens with zero attached hydrogens (tertiary/aromatic N) is 2. The average Bonchev–Trinajstić information content (AvgIpc) is 3.29. The molecule has 0 atom stereocenters. The minimum atomic E-state index is -0.627. The maximum Gasteiger partial charge on any atom is 0.325 e. The van der Waals surface area contributed by atoms with Crippen LogP contribution < -0.4 is 5.32 Å². The molecule has 0 bridgehead atoms. The molecule has 0 saturated carbocycles. The van der Waals surface area contributed by atoms with E-state index in [1.54, 1.807) is 24.3 Å². The quantitative estimate of drug-likeness (QED) is 0.672. The van der Waals surface area contributed by atoms with Crippen LogP contribution in [0.2, 0.25) is 5.02 Å². The third-order valence-corrected chi connectivity index (χ3v) is 3.29. The smallest absolute Gasteiger partial charge is 0.325 e. The summed E-state index contributed by atoms with van der Waals surface area (Å²) in [7, 11) is 0. The number of carbonyl (C=O) groups is 2.